The Kier molecular flexibility index (Phi) is 9.23. The smallest absolute Gasteiger partial charge is 0.225 e. The third kappa shape index (κ3) is 6.09. The molecule has 0 bridgehead atoms. The van der Waals surface area contributed by atoms with Crippen LogP contribution in [0.3, 0.4) is 0 Å². The molecule has 2 aromatic rings. The van der Waals surface area contributed by atoms with E-state index < -0.39 is 0 Å². The first-order valence-electron chi connectivity index (χ1n) is 9.51. The number of nitrogens with one attached hydrogen (secondary N) is 1. The first kappa shape index (κ1) is 23.0. The Balaban J connectivity index is 0.00000300. The Bertz CT molecular complexity index is 782. The van der Waals surface area contributed by atoms with E-state index >= 15 is 0 Å². The summed E-state index contributed by atoms with van der Waals surface area (Å²) in [5, 5.41) is 3.40. The molecule has 2 heterocycles. The summed E-state index contributed by atoms with van der Waals surface area (Å²) in [6.45, 7) is 6.96. The molecule has 8 nitrogen and oxygen atoms in total. The van der Waals surface area contributed by atoms with Gasteiger partial charge in [-0.1, -0.05) is 6.07 Å². The zero-order chi connectivity index (χ0) is 19.8. The molecule has 29 heavy (non-hydrogen) atoms. The van der Waals surface area contributed by atoms with Gasteiger partial charge >= 0.3 is 0 Å². The number of hydrogen-bond donors (Lipinski definition) is 1. The highest BCUT2D eigenvalue weighted by Gasteiger charge is 2.21. The molecule has 1 saturated heterocycles. The van der Waals surface area contributed by atoms with Crippen LogP contribution in [0.5, 0.6) is 11.5 Å². The summed E-state index contributed by atoms with van der Waals surface area (Å²) in [5.74, 6) is 3.15. The number of guanidine groups is 1. The lowest BCUT2D eigenvalue weighted by atomic mass is 10.2. The van der Waals surface area contributed by atoms with Gasteiger partial charge in [-0.25, -0.2) is 15.0 Å². The molecule has 9 heteroatoms. The number of rotatable bonds is 6. The highest BCUT2D eigenvalue weighted by molar-refractivity contribution is 14.0. The normalized spacial score (nSPS) is 14.2. The molecule has 1 N–H and O–H groups in total. The number of aromatic nitrogens is 2. The van der Waals surface area contributed by atoms with Gasteiger partial charge in [0.15, 0.2) is 17.5 Å². The number of nitrogens with zero attached hydrogens (tertiary/aromatic N) is 5. The van der Waals surface area contributed by atoms with E-state index in [1.807, 2.05) is 24.3 Å². The molecule has 3 rings (SSSR count). The topological polar surface area (TPSA) is 75.1 Å². The van der Waals surface area contributed by atoms with Gasteiger partial charge in [0.25, 0.3) is 0 Å². The van der Waals surface area contributed by atoms with Gasteiger partial charge in [0.1, 0.15) is 0 Å². The maximum Gasteiger partial charge on any atom is 0.225 e. The van der Waals surface area contributed by atoms with E-state index in [4.69, 9.17) is 14.5 Å². The number of aliphatic imine (C=N–C) groups is 1. The molecular weight excluding hydrogens is 483 g/mol. The molecule has 158 valence electrons. The third-order valence-corrected chi connectivity index (χ3v) is 4.61. The van der Waals surface area contributed by atoms with Crippen LogP contribution in [0.1, 0.15) is 12.5 Å². The van der Waals surface area contributed by atoms with Gasteiger partial charge < -0.3 is 24.6 Å². The molecule has 0 amide bonds. The van der Waals surface area contributed by atoms with E-state index in [1.165, 1.54) is 0 Å². The summed E-state index contributed by atoms with van der Waals surface area (Å²) >= 11 is 0. The zero-order valence-corrected chi connectivity index (χ0v) is 19.5. The Morgan fingerprint density at radius 3 is 2.38 bits per heavy atom. The van der Waals surface area contributed by atoms with Gasteiger partial charge in [-0.05, 0) is 30.7 Å². The monoisotopic (exact) mass is 512 g/mol. The van der Waals surface area contributed by atoms with E-state index in [0.717, 1.165) is 61.7 Å². The first-order chi connectivity index (χ1) is 13.7. The van der Waals surface area contributed by atoms with Gasteiger partial charge in [0.2, 0.25) is 5.95 Å². The van der Waals surface area contributed by atoms with Crippen LogP contribution in [-0.4, -0.2) is 67.8 Å². The van der Waals surface area contributed by atoms with Crippen molar-refractivity contribution in [1.82, 2.24) is 20.2 Å². The van der Waals surface area contributed by atoms with Crippen LogP contribution < -0.4 is 19.7 Å². The van der Waals surface area contributed by atoms with Gasteiger partial charge in [-0.2, -0.15) is 0 Å². The fraction of sp³-hybridized carbons (Fsp3) is 0.450. The van der Waals surface area contributed by atoms with Crippen LogP contribution >= 0.6 is 24.0 Å². The van der Waals surface area contributed by atoms with Crippen molar-refractivity contribution in [1.29, 1.82) is 0 Å². The molecule has 0 spiro atoms. The van der Waals surface area contributed by atoms with Crippen molar-refractivity contribution >= 4 is 35.9 Å². The molecule has 0 saturated carbocycles. The van der Waals surface area contributed by atoms with Crippen molar-refractivity contribution in [3.8, 4) is 11.5 Å². The van der Waals surface area contributed by atoms with Gasteiger partial charge in [-0.15, -0.1) is 24.0 Å². The standard InChI is InChI=1S/C20H28N6O2.HI/c1-4-21-19(24-15-16-6-7-17(27-2)18(14-16)28-3)25-10-12-26(13-11-25)20-22-8-5-9-23-20;/h5-9,14H,4,10-13,15H2,1-3H3,(H,21,24);1H. The van der Waals surface area contributed by atoms with E-state index in [9.17, 15) is 0 Å². The molecule has 1 fully saturated rings. The Morgan fingerprint density at radius 1 is 1.07 bits per heavy atom. The highest BCUT2D eigenvalue weighted by atomic mass is 127. The van der Waals surface area contributed by atoms with Crippen molar-refractivity contribution in [3.63, 3.8) is 0 Å². The van der Waals surface area contributed by atoms with Crippen molar-refractivity contribution in [2.24, 2.45) is 4.99 Å². The van der Waals surface area contributed by atoms with E-state index in [1.54, 1.807) is 26.6 Å². The summed E-state index contributed by atoms with van der Waals surface area (Å²) in [4.78, 5) is 18.0. The molecule has 1 aliphatic heterocycles. The number of benzene rings is 1. The lowest BCUT2D eigenvalue weighted by molar-refractivity contribution is 0.354. The second-order valence-corrected chi connectivity index (χ2v) is 6.38. The summed E-state index contributed by atoms with van der Waals surface area (Å²) in [7, 11) is 3.28. The zero-order valence-electron chi connectivity index (χ0n) is 17.2. The predicted molar refractivity (Wildman–Crippen MR) is 126 cm³/mol. The van der Waals surface area contributed by atoms with Gasteiger partial charge in [0.05, 0.1) is 20.8 Å². The van der Waals surface area contributed by atoms with E-state index in [0.29, 0.717) is 6.54 Å². The molecule has 1 aromatic heterocycles. The minimum Gasteiger partial charge on any atom is -0.493 e. The second-order valence-electron chi connectivity index (χ2n) is 6.38. The lowest BCUT2D eigenvalue weighted by Crippen LogP contribution is -2.52. The van der Waals surface area contributed by atoms with Gasteiger partial charge in [0, 0.05) is 45.1 Å². The SMILES string of the molecule is CCNC(=NCc1ccc(OC)c(OC)c1)N1CCN(c2ncccn2)CC1.I. The van der Waals surface area contributed by atoms with Crippen LogP contribution in [0, 0.1) is 0 Å². The number of piperazine rings is 1. The van der Waals surface area contributed by atoms with E-state index in [2.05, 4.69) is 32.0 Å². The molecule has 0 atom stereocenters. The third-order valence-electron chi connectivity index (χ3n) is 4.61. The number of anilines is 1. The van der Waals surface area contributed by atoms with Crippen LogP contribution in [0.15, 0.2) is 41.7 Å². The van der Waals surface area contributed by atoms with Crippen LogP contribution in [-0.2, 0) is 6.54 Å². The predicted octanol–water partition coefficient (Wildman–Crippen LogP) is 2.40. The number of halogens is 1. The average Bonchev–Trinajstić information content (AvgIpc) is 2.77. The average molecular weight is 512 g/mol. The molecular formula is C20H29IN6O2. The maximum atomic E-state index is 5.38. The number of hydrogen-bond acceptors (Lipinski definition) is 6. The summed E-state index contributed by atoms with van der Waals surface area (Å²) in [6, 6.07) is 7.73. The van der Waals surface area contributed by atoms with E-state index in [-0.39, 0.29) is 24.0 Å². The molecule has 0 aliphatic carbocycles. The van der Waals surface area contributed by atoms with Crippen LogP contribution in [0.2, 0.25) is 0 Å². The largest absolute Gasteiger partial charge is 0.493 e. The quantitative estimate of drug-likeness (QED) is 0.362. The van der Waals surface area contributed by atoms with Crippen molar-refractivity contribution in [3.05, 3.63) is 42.2 Å². The summed E-state index contributed by atoms with van der Waals surface area (Å²) < 4.78 is 10.7. The Morgan fingerprint density at radius 2 is 1.76 bits per heavy atom. The molecule has 1 aromatic carbocycles. The lowest BCUT2D eigenvalue weighted by Gasteiger charge is -2.36. The van der Waals surface area contributed by atoms with Crippen LogP contribution in [0.4, 0.5) is 5.95 Å². The molecule has 1 aliphatic rings. The number of methoxy groups -OCH3 is 2. The van der Waals surface area contributed by atoms with Crippen molar-refractivity contribution < 1.29 is 9.47 Å². The number of ether oxygens (including phenoxy) is 2. The minimum absolute atomic E-state index is 0. The fourth-order valence-electron chi connectivity index (χ4n) is 3.14. The summed E-state index contributed by atoms with van der Waals surface area (Å²) in [5.41, 5.74) is 1.07. The second kappa shape index (κ2) is 11.6. The summed E-state index contributed by atoms with van der Waals surface area (Å²) in [6.07, 6.45) is 3.56. The maximum absolute atomic E-state index is 5.38. The molecule has 0 unspecified atom stereocenters. The van der Waals surface area contributed by atoms with Crippen molar-refractivity contribution in [2.75, 3.05) is 51.8 Å². The van der Waals surface area contributed by atoms with Gasteiger partial charge in [-0.3, -0.25) is 0 Å². The van der Waals surface area contributed by atoms with Crippen LogP contribution in [0.25, 0.3) is 0 Å². The Labute approximate surface area is 189 Å². The Hall–Kier alpha value is -2.30. The highest BCUT2D eigenvalue weighted by Crippen LogP contribution is 2.27. The van der Waals surface area contributed by atoms with Crippen molar-refractivity contribution in [2.45, 2.75) is 13.5 Å². The first-order valence-corrected chi connectivity index (χ1v) is 9.51. The minimum atomic E-state index is 0. The molecule has 0 radical (unpaired) electrons. The fourth-order valence-corrected chi connectivity index (χ4v) is 3.14.